The second kappa shape index (κ2) is 5.53. The quantitative estimate of drug-likeness (QED) is 0.797. The number of rotatable bonds is 5. The van der Waals surface area contributed by atoms with E-state index in [1.54, 1.807) is 0 Å². The molecule has 0 saturated heterocycles. The van der Waals surface area contributed by atoms with Gasteiger partial charge in [0.2, 0.25) is 0 Å². The number of aliphatic hydroxyl groups is 1. The number of benzene rings is 1. The van der Waals surface area contributed by atoms with E-state index in [1.807, 2.05) is 0 Å². The maximum absolute atomic E-state index is 13.2. The molecular weight excluding hydrogens is 222 g/mol. The second-order valence-electron chi connectivity index (χ2n) is 2.98. The predicted molar refractivity (Wildman–Crippen MR) is 49.8 cm³/mol. The van der Waals surface area contributed by atoms with Crippen molar-refractivity contribution in [3.8, 4) is 0 Å². The lowest BCUT2D eigenvalue weighted by Crippen LogP contribution is -2.18. The summed E-state index contributed by atoms with van der Waals surface area (Å²) in [5.74, 6) is -3.07. The molecule has 16 heavy (non-hydrogen) atoms. The molecule has 0 aliphatic heterocycles. The van der Waals surface area contributed by atoms with Crippen molar-refractivity contribution < 1.29 is 28.5 Å². The summed E-state index contributed by atoms with van der Waals surface area (Å²) in [6.45, 7) is -0.673. The molecule has 1 aromatic carbocycles. The van der Waals surface area contributed by atoms with Gasteiger partial charge < -0.3 is 14.9 Å². The van der Waals surface area contributed by atoms with E-state index in [1.165, 1.54) is 0 Å². The molecule has 1 unspecified atom stereocenters. The second-order valence-corrected chi connectivity index (χ2v) is 2.98. The lowest BCUT2D eigenvalue weighted by molar-refractivity contribution is -0.151. The van der Waals surface area contributed by atoms with Crippen molar-refractivity contribution in [1.29, 1.82) is 0 Å². The lowest BCUT2D eigenvalue weighted by Gasteiger charge is -2.13. The molecule has 1 aromatic rings. The molecule has 0 aromatic heterocycles. The van der Waals surface area contributed by atoms with Crippen molar-refractivity contribution in [2.24, 2.45) is 0 Å². The molecule has 0 bridgehead atoms. The van der Waals surface area contributed by atoms with Crippen LogP contribution in [0.25, 0.3) is 0 Å². The lowest BCUT2D eigenvalue weighted by atomic mass is 10.1. The molecule has 4 nitrogen and oxygen atoms in total. The summed E-state index contributed by atoms with van der Waals surface area (Å²) in [7, 11) is 0. The van der Waals surface area contributed by atoms with Gasteiger partial charge in [-0.15, -0.1) is 0 Å². The largest absolute Gasteiger partial charge is 0.479 e. The average Bonchev–Trinajstić information content (AvgIpc) is 2.23. The highest BCUT2D eigenvalue weighted by atomic mass is 19.1. The Hall–Kier alpha value is -1.53. The minimum Gasteiger partial charge on any atom is -0.479 e. The molecule has 0 aliphatic rings. The van der Waals surface area contributed by atoms with Gasteiger partial charge in [-0.1, -0.05) is 0 Å². The maximum Gasteiger partial charge on any atom is 0.337 e. The first-order valence-electron chi connectivity index (χ1n) is 4.46. The molecule has 0 radical (unpaired) electrons. The summed E-state index contributed by atoms with van der Waals surface area (Å²) < 4.78 is 30.8. The highest BCUT2D eigenvalue weighted by molar-refractivity contribution is 5.74. The van der Waals surface area contributed by atoms with E-state index in [-0.39, 0.29) is 6.61 Å². The Morgan fingerprint density at radius 1 is 1.44 bits per heavy atom. The van der Waals surface area contributed by atoms with E-state index < -0.39 is 35.9 Å². The van der Waals surface area contributed by atoms with Crippen molar-refractivity contribution in [1.82, 2.24) is 0 Å². The zero-order chi connectivity index (χ0) is 12.1. The van der Waals surface area contributed by atoms with E-state index in [2.05, 4.69) is 0 Å². The van der Waals surface area contributed by atoms with Crippen molar-refractivity contribution in [2.45, 2.75) is 6.10 Å². The Morgan fingerprint density at radius 2 is 2.12 bits per heavy atom. The van der Waals surface area contributed by atoms with Crippen molar-refractivity contribution in [3.05, 3.63) is 35.4 Å². The van der Waals surface area contributed by atoms with Crippen LogP contribution in [0.3, 0.4) is 0 Å². The smallest absolute Gasteiger partial charge is 0.337 e. The number of carbonyl (C=O) groups is 1. The first-order chi connectivity index (χ1) is 7.56. The average molecular weight is 232 g/mol. The van der Waals surface area contributed by atoms with Gasteiger partial charge in [-0.25, -0.2) is 13.6 Å². The van der Waals surface area contributed by atoms with Crippen LogP contribution >= 0.6 is 0 Å². The predicted octanol–water partition coefficient (Wildman–Crippen LogP) is 1.10. The number of ether oxygens (including phenoxy) is 1. The Balaban J connectivity index is 3.00. The SMILES string of the molecule is O=C(O)C(OCCO)c1cc(F)ccc1F. The normalized spacial score (nSPS) is 12.4. The van der Waals surface area contributed by atoms with Gasteiger partial charge in [0.05, 0.1) is 13.2 Å². The van der Waals surface area contributed by atoms with Crippen molar-refractivity contribution in [3.63, 3.8) is 0 Å². The third-order valence-corrected chi connectivity index (χ3v) is 1.84. The molecule has 1 rings (SSSR count). The Kier molecular flexibility index (Phi) is 4.33. The summed E-state index contributed by atoms with van der Waals surface area (Å²) in [6.07, 6.45) is -1.62. The van der Waals surface area contributed by atoms with Crippen molar-refractivity contribution in [2.75, 3.05) is 13.2 Å². The van der Waals surface area contributed by atoms with Crippen LogP contribution in [-0.2, 0) is 9.53 Å². The van der Waals surface area contributed by atoms with E-state index in [0.717, 1.165) is 18.2 Å². The van der Waals surface area contributed by atoms with Gasteiger partial charge in [-0.2, -0.15) is 0 Å². The summed E-state index contributed by atoms with van der Waals surface area (Å²) in [5.41, 5.74) is -0.402. The number of aliphatic carboxylic acids is 1. The van der Waals surface area contributed by atoms with Gasteiger partial charge in [0.25, 0.3) is 0 Å². The minimum absolute atomic E-state index is 0.271. The Bertz CT molecular complexity index is 381. The molecule has 0 amide bonds. The fraction of sp³-hybridized carbons (Fsp3) is 0.300. The van der Waals surface area contributed by atoms with Gasteiger partial charge >= 0.3 is 5.97 Å². The Labute approximate surface area is 90.1 Å². The van der Waals surface area contributed by atoms with Crippen LogP contribution in [0.2, 0.25) is 0 Å². The fourth-order valence-electron chi connectivity index (χ4n) is 1.18. The van der Waals surface area contributed by atoms with Gasteiger partial charge in [0, 0.05) is 5.56 Å². The molecule has 0 aliphatic carbocycles. The van der Waals surface area contributed by atoms with Crippen LogP contribution in [0.1, 0.15) is 11.7 Å². The van der Waals surface area contributed by atoms with E-state index in [0.29, 0.717) is 0 Å². The van der Waals surface area contributed by atoms with E-state index in [9.17, 15) is 13.6 Å². The molecule has 2 N–H and O–H groups in total. The van der Waals surface area contributed by atoms with Gasteiger partial charge in [-0.3, -0.25) is 0 Å². The standard InChI is InChI=1S/C10H10F2O4/c11-6-1-2-8(12)7(5-6)9(10(14)15)16-4-3-13/h1-2,5,9,13H,3-4H2,(H,14,15). The van der Waals surface area contributed by atoms with E-state index in [4.69, 9.17) is 14.9 Å². The minimum atomic E-state index is -1.62. The third-order valence-electron chi connectivity index (χ3n) is 1.84. The summed E-state index contributed by atoms with van der Waals surface area (Å²) >= 11 is 0. The highest BCUT2D eigenvalue weighted by Gasteiger charge is 2.24. The molecule has 88 valence electrons. The number of hydrogen-bond acceptors (Lipinski definition) is 3. The number of halogens is 2. The molecule has 0 spiro atoms. The van der Waals surface area contributed by atoms with Crippen molar-refractivity contribution >= 4 is 5.97 Å². The molecule has 0 fully saturated rings. The first kappa shape index (κ1) is 12.5. The first-order valence-corrected chi connectivity index (χ1v) is 4.46. The summed E-state index contributed by atoms with van der Waals surface area (Å²) in [6, 6.07) is 2.46. The fourth-order valence-corrected chi connectivity index (χ4v) is 1.18. The monoisotopic (exact) mass is 232 g/mol. The van der Waals surface area contributed by atoms with Crippen LogP contribution in [0, 0.1) is 11.6 Å². The maximum atomic E-state index is 13.2. The molecule has 1 atom stereocenters. The van der Waals surface area contributed by atoms with Crippen LogP contribution in [0.15, 0.2) is 18.2 Å². The Morgan fingerprint density at radius 3 is 2.69 bits per heavy atom. The van der Waals surface area contributed by atoms with Crippen LogP contribution in [0.5, 0.6) is 0 Å². The summed E-state index contributed by atoms with van der Waals surface area (Å²) in [5, 5.41) is 17.3. The number of carboxylic acids is 1. The molecule has 0 saturated carbocycles. The zero-order valence-corrected chi connectivity index (χ0v) is 8.19. The van der Waals surface area contributed by atoms with Gasteiger partial charge in [-0.05, 0) is 18.2 Å². The third kappa shape index (κ3) is 2.98. The molecule has 0 heterocycles. The van der Waals surface area contributed by atoms with Crippen LogP contribution in [-0.4, -0.2) is 29.4 Å². The number of aliphatic hydroxyl groups excluding tert-OH is 1. The van der Waals surface area contributed by atoms with Gasteiger partial charge in [0.1, 0.15) is 11.6 Å². The number of carboxylic acid groups (broad SMARTS) is 1. The van der Waals surface area contributed by atoms with E-state index >= 15 is 0 Å². The number of hydrogen-bond donors (Lipinski definition) is 2. The van der Waals surface area contributed by atoms with Crippen LogP contribution < -0.4 is 0 Å². The zero-order valence-electron chi connectivity index (χ0n) is 8.19. The molecular formula is C10H10F2O4. The van der Waals surface area contributed by atoms with Crippen LogP contribution in [0.4, 0.5) is 8.78 Å². The highest BCUT2D eigenvalue weighted by Crippen LogP contribution is 2.21. The summed E-state index contributed by atoms with van der Waals surface area (Å²) in [4.78, 5) is 10.8. The topological polar surface area (TPSA) is 66.8 Å². The van der Waals surface area contributed by atoms with Gasteiger partial charge in [0.15, 0.2) is 6.10 Å². The molecule has 6 heteroatoms.